The number of rotatable bonds is 6. The fourth-order valence-corrected chi connectivity index (χ4v) is 4.53. The van der Waals surface area contributed by atoms with Gasteiger partial charge in [0.1, 0.15) is 5.75 Å². The van der Waals surface area contributed by atoms with Crippen LogP contribution in [-0.2, 0) is 17.7 Å². The summed E-state index contributed by atoms with van der Waals surface area (Å²) in [5, 5.41) is 3.58. The molecule has 0 atom stereocenters. The zero-order chi connectivity index (χ0) is 23.7. The molecule has 0 aliphatic rings. The number of nitrogen functional groups attached to an aromatic ring is 1. The van der Waals surface area contributed by atoms with Crippen LogP contribution in [0.5, 0.6) is 5.75 Å². The first kappa shape index (κ1) is 21.6. The molecule has 0 spiro atoms. The summed E-state index contributed by atoms with van der Waals surface area (Å²) in [6.45, 7) is 0.754. The summed E-state index contributed by atoms with van der Waals surface area (Å²) in [6, 6.07) is 26.4. The number of methoxy groups -OCH3 is 2. The second-order valence-electron chi connectivity index (χ2n) is 8.44. The van der Waals surface area contributed by atoms with Gasteiger partial charge in [0.2, 0.25) is 0 Å². The van der Waals surface area contributed by atoms with Gasteiger partial charge in [-0.15, -0.1) is 0 Å². The summed E-state index contributed by atoms with van der Waals surface area (Å²) >= 11 is 0. The number of aromatic nitrogens is 1. The van der Waals surface area contributed by atoms with Crippen molar-refractivity contribution in [2.24, 2.45) is 0 Å². The molecule has 0 saturated heterocycles. The summed E-state index contributed by atoms with van der Waals surface area (Å²) in [5.74, 6) is 0.270. The third-order valence-electron chi connectivity index (χ3n) is 6.24. The first-order chi connectivity index (χ1) is 16.6. The quantitative estimate of drug-likeness (QED) is 0.262. The first-order valence-corrected chi connectivity index (χ1v) is 11.2. The lowest BCUT2D eigenvalue weighted by Crippen LogP contribution is -2.03. The van der Waals surface area contributed by atoms with Gasteiger partial charge in [-0.3, -0.25) is 0 Å². The summed E-state index contributed by atoms with van der Waals surface area (Å²) in [5.41, 5.74) is 11.8. The highest BCUT2D eigenvalue weighted by Gasteiger charge is 2.15. The minimum atomic E-state index is -0.385. The Kier molecular flexibility index (Phi) is 5.68. The van der Waals surface area contributed by atoms with Gasteiger partial charge in [0, 0.05) is 35.8 Å². The van der Waals surface area contributed by atoms with E-state index in [0.29, 0.717) is 17.7 Å². The lowest BCUT2D eigenvalue weighted by atomic mass is 10.0. The van der Waals surface area contributed by atoms with E-state index in [1.54, 1.807) is 19.2 Å². The number of hydrogen-bond donors (Lipinski definition) is 1. The minimum absolute atomic E-state index is 0.385. The molecule has 34 heavy (non-hydrogen) atoms. The van der Waals surface area contributed by atoms with Gasteiger partial charge in [0.25, 0.3) is 0 Å². The minimum Gasteiger partial charge on any atom is -0.496 e. The Bertz CT molecular complexity index is 1520. The Morgan fingerprint density at radius 1 is 0.882 bits per heavy atom. The zero-order valence-corrected chi connectivity index (χ0v) is 19.2. The van der Waals surface area contributed by atoms with Crippen LogP contribution in [0.1, 0.15) is 27.0 Å². The first-order valence-electron chi connectivity index (χ1n) is 11.2. The molecule has 0 saturated carbocycles. The number of nitrogens with zero attached hydrogens (tertiary/aromatic N) is 1. The molecule has 5 nitrogen and oxygen atoms in total. The maximum Gasteiger partial charge on any atom is 0.337 e. The monoisotopic (exact) mass is 450 g/mol. The maximum absolute atomic E-state index is 11.9. The van der Waals surface area contributed by atoms with Crippen molar-refractivity contribution >= 4 is 33.3 Å². The number of fused-ring (bicyclic) bond motifs is 2. The number of carbonyl (C=O) groups excluding carboxylic acids is 1. The molecule has 1 aromatic heterocycles. The van der Waals surface area contributed by atoms with Gasteiger partial charge in [0.15, 0.2) is 0 Å². The molecular weight excluding hydrogens is 424 g/mol. The molecule has 170 valence electrons. The number of carbonyl (C=O) groups is 1. The zero-order valence-electron chi connectivity index (χ0n) is 19.2. The predicted molar refractivity (Wildman–Crippen MR) is 137 cm³/mol. The largest absolute Gasteiger partial charge is 0.496 e. The molecule has 0 amide bonds. The topological polar surface area (TPSA) is 66.5 Å². The molecule has 0 aliphatic heterocycles. The second-order valence-corrected chi connectivity index (χ2v) is 8.44. The van der Waals surface area contributed by atoms with Crippen LogP contribution in [0.2, 0.25) is 0 Å². The van der Waals surface area contributed by atoms with Gasteiger partial charge in [-0.2, -0.15) is 0 Å². The summed E-state index contributed by atoms with van der Waals surface area (Å²) in [7, 11) is 2.98. The third kappa shape index (κ3) is 4.08. The lowest BCUT2D eigenvalue weighted by Gasteiger charge is -2.10. The third-order valence-corrected chi connectivity index (χ3v) is 6.24. The van der Waals surface area contributed by atoms with Crippen molar-refractivity contribution in [2.75, 3.05) is 20.0 Å². The van der Waals surface area contributed by atoms with Crippen LogP contribution in [0.15, 0.2) is 85.1 Å². The van der Waals surface area contributed by atoms with E-state index in [-0.39, 0.29) is 5.97 Å². The molecule has 0 aliphatic carbocycles. The molecule has 5 aromatic rings. The number of anilines is 1. The van der Waals surface area contributed by atoms with E-state index in [1.165, 1.54) is 23.4 Å². The normalized spacial score (nSPS) is 11.1. The number of nitrogens with two attached hydrogens (primary N) is 1. The van der Waals surface area contributed by atoms with E-state index in [4.69, 9.17) is 15.2 Å². The highest BCUT2D eigenvalue weighted by molar-refractivity contribution is 5.90. The van der Waals surface area contributed by atoms with Crippen LogP contribution in [0.25, 0.3) is 21.7 Å². The summed E-state index contributed by atoms with van der Waals surface area (Å²) < 4.78 is 12.7. The maximum atomic E-state index is 11.9. The molecule has 0 radical (unpaired) electrons. The fourth-order valence-electron chi connectivity index (χ4n) is 4.53. The number of esters is 1. The smallest absolute Gasteiger partial charge is 0.337 e. The van der Waals surface area contributed by atoms with Gasteiger partial charge < -0.3 is 19.8 Å². The van der Waals surface area contributed by atoms with Crippen LogP contribution in [0, 0.1) is 0 Å². The van der Waals surface area contributed by atoms with Gasteiger partial charge in [-0.1, -0.05) is 42.5 Å². The van der Waals surface area contributed by atoms with E-state index in [0.717, 1.165) is 34.3 Å². The number of ether oxygens (including phenoxy) is 2. The Morgan fingerprint density at radius 2 is 1.71 bits per heavy atom. The average Bonchev–Trinajstić information content (AvgIpc) is 3.19. The van der Waals surface area contributed by atoms with Gasteiger partial charge in [-0.25, -0.2) is 4.79 Å². The Balaban J connectivity index is 1.53. The molecule has 5 heteroatoms. The molecule has 2 N–H and O–H groups in total. The van der Waals surface area contributed by atoms with Crippen molar-refractivity contribution in [3.63, 3.8) is 0 Å². The van der Waals surface area contributed by atoms with Crippen LogP contribution in [0.3, 0.4) is 0 Å². The van der Waals surface area contributed by atoms with Gasteiger partial charge in [-0.05, 0) is 63.9 Å². The van der Waals surface area contributed by atoms with Crippen LogP contribution in [0.4, 0.5) is 5.69 Å². The highest BCUT2D eigenvalue weighted by atomic mass is 16.5. The van der Waals surface area contributed by atoms with Crippen molar-refractivity contribution in [1.29, 1.82) is 0 Å². The Labute approximate surface area is 198 Å². The molecule has 5 rings (SSSR count). The highest BCUT2D eigenvalue weighted by Crippen LogP contribution is 2.30. The predicted octanol–water partition coefficient (Wildman–Crippen LogP) is 5.81. The summed E-state index contributed by atoms with van der Waals surface area (Å²) in [4.78, 5) is 11.9. The van der Waals surface area contributed by atoms with Gasteiger partial charge >= 0.3 is 5.97 Å². The Hall–Kier alpha value is -4.25. The second kappa shape index (κ2) is 8.94. The van der Waals surface area contributed by atoms with Crippen molar-refractivity contribution < 1.29 is 14.3 Å². The van der Waals surface area contributed by atoms with Crippen molar-refractivity contribution in [1.82, 2.24) is 4.57 Å². The molecule has 1 heterocycles. The molecule has 4 aromatic carbocycles. The van der Waals surface area contributed by atoms with Crippen LogP contribution in [-0.4, -0.2) is 24.8 Å². The van der Waals surface area contributed by atoms with Crippen LogP contribution < -0.4 is 10.5 Å². The average molecular weight is 451 g/mol. The lowest BCUT2D eigenvalue weighted by molar-refractivity contribution is 0.0600. The molecule has 0 bridgehead atoms. The van der Waals surface area contributed by atoms with E-state index in [2.05, 4.69) is 59.3 Å². The molecule has 0 unspecified atom stereocenters. The molecule has 0 fully saturated rings. The van der Waals surface area contributed by atoms with E-state index in [9.17, 15) is 4.79 Å². The van der Waals surface area contributed by atoms with E-state index < -0.39 is 0 Å². The van der Waals surface area contributed by atoms with E-state index >= 15 is 0 Å². The SMILES string of the molecule is COC(=O)c1ccc(Cc2cn(Cc3ccc4ccccc4c3)c3ccc(N)cc23)c(OC)c1. The number of benzene rings is 4. The van der Waals surface area contributed by atoms with Crippen molar-refractivity contribution in [2.45, 2.75) is 13.0 Å². The number of hydrogen-bond acceptors (Lipinski definition) is 4. The van der Waals surface area contributed by atoms with Gasteiger partial charge in [0.05, 0.1) is 19.8 Å². The van der Waals surface area contributed by atoms with Crippen LogP contribution >= 0.6 is 0 Å². The Morgan fingerprint density at radius 3 is 2.50 bits per heavy atom. The van der Waals surface area contributed by atoms with Crippen molar-refractivity contribution in [3.05, 3.63) is 107 Å². The summed E-state index contributed by atoms with van der Waals surface area (Å²) in [6.07, 6.45) is 2.84. The standard InChI is InChI=1S/C29H26N2O3/c1-33-28-15-23(29(32)34-2)10-9-22(28)14-24-18-31(27-12-11-25(30)16-26(24)27)17-19-7-8-20-5-3-4-6-21(20)13-19/h3-13,15-16,18H,14,17,30H2,1-2H3. The van der Waals surface area contributed by atoms with E-state index in [1.807, 2.05) is 18.2 Å². The fraction of sp³-hybridized carbons (Fsp3) is 0.138. The molecular formula is C29H26N2O3. The van der Waals surface area contributed by atoms with Crippen molar-refractivity contribution in [3.8, 4) is 5.75 Å².